The van der Waals surface area contributed by atoms with Crippen molar-refractivity contribution in [2.24, 2.45) is 0 Å². The third kappa shape index (κ3) is 78.8. The molecule has 29 heavy (non-hydrogen) atoms. The molecule has 0 bridgehead atoms. The number of ketones is 5. The Kier molecular flexibility index (Phi) is 34.5. The van der Waals surface area contributed by atoms with Crippen LogP contribution in [-0.4, -0.2) is 57.6 Å². The second kappa shape index (κ2) is 24.7. The quantitative estimate of drug-likeness (QED) is 0.214. The number of carboxylic acid groups (broad SMARTS) is 4. The summed E-state index contributed by atoms with van der Waals surface area (Å²) in [4.78, 5) is 82.9. The Labute approximate surface area is 175 Å². The van der Waals surface area contributed by atoms with Crippen LogP contribution >= 0.6 is 0 Å². The summed E-state index contributed by atoms with van der Waals surface area (Å²) in [6.07, 6.45) is 0. The molecule has 0 saturated carbocycles. The summed E-state index contributed by atoms with van der Waals surface area (Å²) in [6, 6.07) is 0. The van der Waals surface area contributed by atoms with Gasteiger partial charge in [0.25, 0.3) is 5.78 Å². The number of hydrogen-bond donors (Lipinski definition) is 0. The molecule has 1 N–H and O–H groups in total. The Bertz CT molecular complexity index is 472. The molecule has 0 spiro atoms. The van der Waals surface area contributed by atoms with Crippen molar-refractivity contribution in [3.8, 4) is 0 Å². The first-order valence-corrected chi connectivity index (χ1v) is 6.67. The van der Waals surface area contributed by atoms with Gasteiger partial charge in [0, 0.05) is 41.5 Å². The van der Waals surface area contributed by atoms with E-state index in [1.165, 1.54) is 0 Å². The Hall–Kier alpha value is -3.25. The number of carbonyl (C=O) groups excluding carboxylic acids is 9. The van der Waals surface area contributed by atoms with Crippen LogP contribution in [0.15, 0.2) is 0 Å². The minimum Gasteiger partial charge on any atom is -0.542 e. The van der Waals surface area contributed by atoms with E-state index in [4.69, 9.17) is 4.79 Å². The van der Waals surface area contributed by atoms with Crippen LogP contribution in [0, 0.1) is 0 Å². The molecule has 0 saturated heterocycles. The zero-order valence-electron chi connectivity index (χ0n) is 16.2. The zero-order valence-corrected chi connectivity index (χ0v) is 17.3. The maximum absolute atomic E-state index is 9.48. The molecule has 0 rings (SSSR count). The van der Waals surface area contributed by atoms with Gasteiger partial charge < -0.3 is 39.6 Å². The van der Waals surface area contributed by atoms with Crippen LogP contribution in [0.4, 0.5) is 0 Å². The van der Waals surface area contributed by atoms with Crippen molar-refractivity contribution in [2.45, 2.75) is 41.5 Å². The predicted molar refractivity (Wildman–Crippen MR) is 81.0 cm³/mol. The van der Waals surface area contributed by atoms with Gasteiger partial charge in [-0.2, -0.15) is 0 Å². The molecule has 13 nitrogen and oxygen atoms in total. The third-order valence-corrected chi connectivity index (χ3v) is 1.15. The van der Waals surface area contributed by atoms with Crippen LogP contribution < -0.4 is 20.4 Å². The van der Waals surface area contributed by atoms with E-state index in [0.29, 0.717) is 5.78 Å². The maximum atomic E-state index is 9.48. The van der Waals surface area contributed by atoms with E-state index in [2.05, 4.69) is 0 Å². The largest absolute Gasteiger partial charge is 3.00 e. The maximum Gasteiger partial charge on any atom is 3.00 e. The second-order valence-electron chi connectivity index (χ2n) is 4.32. The fourth-order valence-electron chi connectivity index (χ4n) is 0. The fraction of sp³-hybridized carbons (Fsp3) is 0.400. The number of aliphatic carboxylic acids is 4. The van der Waals surface area contributed by atoms with Gasteiger partial charge in [-0.15, -0.1) is 0 Å². The second-order valence-corrected chi connectivity index (χ2v) is 4.32. The van der Waals surface area contributed by atoms with Gasteiger partial charge in [0.1, 0.15) is 23.9 Å². The minimum absolute atomic E-state index is 0. The molecule has 0 aromatic carbocycles. The molecule has 14 heteroatoms. The molecule has 0 unspecified atom stereocenters. The summed E-state index contributed by atoms with van der Waals surface area (Å²) >= 11 is 0. The molecule has 0 heterocycles. The normalized spacial score (nSPS) is 7.10. The van der Waals surface area contributed by atoms with Crippen LogP contribution in [0.1, 0.15) is 41.5 Å². The van der Waals surface area contributed by atoms with E-state index in [-0.39, 0.29) is 17.1 Å². The monoisotopic (exact) mass is 463 g/mol. The molecule has 0 aromatic rings. The molecule has 0 fully saturated rings. The molecule has 0 aliphatic carbocycles. The van der Waals surface area contributed by atoms with Gasteiger partial charge in [-0.05, 0) is 0 Å². The van der Waals surface area contributed by atoms with Gasteiger partial charge >= 0.3 is 17.1 Å². The zero-order chi connectivity index (χ0) is 24.2. The number of hydrogen-bond acceptors (Lipinski definition) is 12. The van der Waals surface area contributed by atoms with E-state index >= 15 is 0 Å². The number of rotatable bonds is 4. The molecular weight excluding hydrogens is 444 g/mol. The Morgan fingerprint density at radius 1 is 0.448 bits per heavy atom. The standard InChI is InChI=1S/4C3H4O3.C3H6O.Fe/c4*1-2(4)3(5)6;1-3(2)4;/h4*1H3,(H,5,6);1-2H3;/q;;;;;+3/p-3. The molecule has 1 radical (unpaired) electrons. The molecule has 0 aliphatic rings. The van der Waals surface area contributed by atoms with Crippen molar-refractivity contribution < 1.29 is 80.6 Å². The first-order chi connectivity index (χ1) is 12.3. The van der Waals surface area contributed by atoms with Gasteiger partial charge in [0.15, 0.2) is 23.1 Å². The topological polar surface area (TPSA) is 250 Å². The molecule has 0 aromatic heterocycles. The van der Waals surface area contributed by atoms with Crippen LogP contribution in [0.25, 0.3) is 0 Å². The summed E-state index contributed by atoms with van der Waals surface area (Å²) in [5.74, 6) is -9.84. The van der Waals surface area contributed by atoms with Crippen molar-refractivity contribution in [2.75, 3.05) is 0 Å². The van der Waals surface area contributed by atoms with Crippen LogP contribution in [0.5, 0.6) is 0 Å². The molecular formula is C15H19FeO13. The van der Waals surface area contributed by atoms with Crippen LogP contribution in [0.3, 0.4) is 0 Å². The van der Waals surface area contributed by atoms with Gasteiger partial charge in [0.2, 0.25) is 0 Å². The molecule has 0 aliphatic heterocycles. The minimum atomic E-state index is -1.63. The van der Waals surface area contributed by atoms with Crippen molar-refractivity contribution in [3.05, 3.63) is 0 Å². The summed E-state index contributed by atoms with van der Waals surface area (Å²) in [5.41, 5.74) is 0. The third-order valence-electron chi connectivity index (χ3n) is 1.15. The molecule has 165 valence electrons. The van der Waals surface area contributed by atoms with Gasteiger partial charge in [-0.25, -0.2) is 0 Å². The van der Waals surface area contributed by atoms with E-state index in [0.717, 1.165) is 27.7 Å². The van der Waals surface area contributed by atoms with Gasteiger partial charge in [-0.3, -0.25) is 24.0 Å². The van der Waals surface area contributed by atoms with Crippen LogP contribution in [-0.2, 0) is 55.4 Å². The smallest absolute Gasteiger partial charge is 0.542 e. The average Bonchev–Trinajstić information content (AvgIpc) is 2.47. The molecule has 0 atom stereocenters. The SMILES string of the molecule is CC(=O)C(=O)[O-].CC(=O)C(=O)[O-].CC(=O)C(=O)[O-].CC(=O)C(=O)[O-].CC(C)=[OH+].[Fe+3]. The van der Waals surface area contributed by atoms with E-state index in [9.17, 15) is 58.8 Å². The van der Waals surface area contributed by atoms with Crippen molar-refractivity contribution in [1.82, 2.24) is 0 Å². The number of carbonyl (C=O) groups is 8. The van der Waals surface area contributed by atoms with E-state index < -0.39 is 47.0 Å². The summed E-state index contributed by atoms with van der Waals surface area (Å²) in [6.45, 7) is 7.04. The summed E-state index contributed by atoms with van der Waals surface area (Å²) < 4.78 is 0. The van der Waals surface area contributed by atoms with Gasteiger partial charge in [0.05, 0.1) is 0 Å². The first kappa shape index (κ1) is 40.4. The Balaban J connectivity index is -0.0000000569. The average molecular weight is 463 g/mol. The summed E-state index contributed by atoms with van der Waals surface area (Å²) in [7, 11) is 0. The van der Waals surface area contributed by atoms with E-state index in [1.54, 1.807) is 13.8 Å². The Morgan fingerprint density at radius 2 is 0.483 bits per heavy atom. The van der Waals surface area contributed by atoms with E-state index in [1.807, 2.05) is 0 Å². The van der Waals surface area contributed by atoms with Crippen molar-refractivity contribution >= 4 is 52.8 Å². The Morgan fingerprint density at radius 3 is 0.483 bits per heavy atom. The fourth-order valence-corrected chi connectivity index (χ4v) is 0. The van der Waals surface area contributed by atoms with Crippen molar-refractivity contribution in [1.29, 1.82) is 0 Å². The summed E-state index contributed by atoms with van der Waals surface area (Å²) in [5, 5.41) is 37.0. The van der Waals surface area contributed by atoms with Crippen LogP contribution in [0.2, 0.25) is 0 Å². The first-order valence-electron chi connectivity index (χ1n) is 6.67. The number of Topliss-reactive ketones (excluding diaryl/α,β-unsaturated/α-hetero) is 4. The number of carboxylic acids is 4. The molecule has 0 amide bonds. The predicted octanol–water partition coefficient (Wildman–Crippen LogP) is -6.13. The van der Waals surface area contributed by atoms with Crippen molar-refractivity contribution in [3.63, 3.8) is 0 Å². The van der Waals surface area contributed by atoms with Gasteiger partial charge in [-0.1, -0.05) is 0 Å².